The van der Waals surface area contributed by atoms with Crippen LogP contribution < -0.4 is 16.4 Å². The number of nitrogens with one attached hydrogen (secondary N) is 2. The Morgan fingerprint density at radius 2 is 1.82 bits per heavy atom. The summed E-state index contributed by atoms with van der Waals surface area (Å²) in [5.41, 5.74) is 4.61. The van der Waals surface area contributed by atoms with E-state index in [1.807, 2.05) is 0 Å². The van der Waals surface area contributed by atoms with Crippen LogP contribution in [0, 0.1) is 18.6 Å². The van der Waals surface area contributed by atoms with Crippen LogP contribution in [0.15, 0.2) is 41.0 Å². The molecule has 0 saturated heterocycles. The topological polar surface area (TPSA) is 114 Å². The van der Waals surface area contributed by atoms with E-state index in [2.05, 4.69) is 10.6 Å². The van der Waals surface area contributed by atoms with Crippen LogP contribution in [0.4, 0.5) is 19.5 Å². The first-order valence-corrected chi connectivity index (χ1v) is 8.63. The number of carbonyl (C=O) groups excluding carboxylic acids is 3. The first-order chi connectivity index (χ1) is 13.3. The third-order valence-electron chi connectivity index (χ3n) is 3.68. The lowest BCUT2D eigenvalue weighted by molar-refractivity contribution is 0.0988. The fourth-order valence-electron chi connectivity index (χ4n) is 2.36. The van der Waals surface area contributed by atoms with Crippen LogP contribution in [-0.4, -0.2) is 17.7 Å². The van der Waals surface area contributed by atoms with E-state index < -0.39 is 40.6 Å². The maximum atomic E-state index is 13.9. The molecule has 0 fully saturated rings. The molecule has 144 valence electrons. The molecule has 0 spiro atoms. The van der Waals surface area contributed by atoms with Crippen LogP contribution >= 0.6 is 11.3 Å². The normalized spacial score (nSPS) is 10.5. The van der Waals surface area contributed by atoms with Gasteiger partial charge in [0.05, 0.1) is 27.4 Å². The average Bonchev–Trinajstić information content (AvgIpc) is 3.26. The zero-order chi connectivity index (χ0) is 20.4. The number of primary amides is 1. The van der Waals surface area contributed by atoms with Crippen molar-refractivity contribution in [3.05, 3.63) is 70.0 Å². The summed E-state index contributed by atoms with van der Waals surface area (Å²) >= 11 is 0.958. The first-order valence-electron chi connectivity index (χ1n) is 7.81. The van der Waals surface area contributed by atoms with Crippen LogP contribution in [0.5, 0.6) is 0 Å². The summed E-state index contributed by atoms with van der Waals surface area (Å²) < 4.78 is 32.5. The number of amides is 3. The van der Waals surface area contributed by atoms with Gasteiger partial charge in [-0.05, 0) is 36.8 Å². The molecule has 0 aliphatic rings. The van der Waals surface area contributed by atoms with Crippen LogP contribution in [0.2, 0.25) is 0 Å². The molecule has 10 heteroatoms. The second-order valence-corrected chi connectivity index (χ2v) is 6.74. The van der Waals surface area contributed by atoms with Crippen molar-refractivity contribution >= 4 is 39.7 Å². The minimum Gasteiger partial charge on any atom is -0.459 e. The Kier molecular flexibility index (Phi) is 5.23. The van der Waals surface area contributed by atoms with Crippen LogP contribution in [0.25, 0.3) is 0 Å². The highest BCUT2D eigenvalue weighted by Crippen LogP contribution is 2.29. The number of carbonyl (C=O) groups is 3. The monoisotopic (exact) mass is 405 g/mol. The Balaban J connectivity index is 1.80. The Morgan fingerprint density at radius 3 is 2.46 bits per heavy atom. The number of nitrogens with two attached hydrogens (primary N) is 1. The van der Waals surface area contributed by atoms with Crippen LogP contribution in [0.3, 0.4) is 0 Å². The van der Waals surface area contributed by atoms with E-state index in [4.69, 9.17) is 10.2 Å². The zero-order valence-corrected chi connectivity index (χ0v) is 15.2. The molecule has 0 radical (unpaired) electrons. The largest absolute Gasteiger partial charge is 0.459 e. The smallest absolute Gasteiger partial charge is 0.291 e. The minimum atomic E-state index is -1.13. The highest BCUT2D eigenvalue weighted by atomic mass is 32.1. The quantitative estimate of drug-likeness (QED) is 0.602. The molecule has 7 nitrogen and oxygen atoms in total. The van der Waals surface area contributed by atoms with Gasteiger partial charge < -0.3 is 20.8 Å². The van der Waals surface area contributed by atoms with Crippen molar-refractivity contribution in [1.82, 2.24) is 0 Å². The van der Waals surface area contributed by atoms with Gasteiger partial charge in [-0.3, -0.25) is 14.4 Å². The van der Waals surface area contributed by atoms with E-state index in [9.17, 15) is 23.2 Å². The number of rotatable bonds is 5. The number of anilines is 2. The second-order valence-electron chi connectivity index (χ2n) is 5.68. The molecule has 0 atom stereocenters. The maximum Gasteiger partial charge on any atom is 0.291 e. The van der Waals surface area contributed by atoms with Gasteiger partial charge in [-0.1, -0.05) is 0 Å². The summed E-state index contributed by atoms with van der Waals surface area (Å²) in [5.74, 6) is -4.36. The van der Waals surface area contributed by atoms with Crippen LogP contribution in [0.1, 0.15) is 36.1 Å². The molecule has 0 bridgehead atoms. The number of furan rings is 1. The van der Waals surface area contributed by atoms with Gasteiger partial charge in [-0.25, -0.2) is 8.78 Å². The molecule has 28 heavy (non-hydrogen) atoms. The molecule has 0 saturated carbocycles. The fraction of sp³-hybridized carbons (Fsp3) is 0.0556. The number of thiophene rings is 1. The van der Waals surface area contributed by atoms with Crippen LogP contribution in [-0.2, 0) is 0 Å². The standard InChI is InChI=1S/C18H13F2N3O4S/c1-8-5-14(23-17(25)13-3-2-4-27-13)28-15(8)18(26)22-12-6-9(16(21)24)10(19)7-11(12)20/h2-7H,1H3,(H2,21,24)(H,22,26)(H,23,25). The lowest BCUT2D eigenvalue weighted by atomic mass is 10.1. The maximum absolute atomic E-state index is 13.9. The van der Waals surface area contributed by atoms with Crippen molar-refractivity contribution in [2.24, 2.45) is 5.73 Å². The van der Waals surface area contributed by atoms with Gasteiger partial charge in [0.1, 0.15) is 11.6 Å². The van der Waals surface area contributed by atoms with E-state index in [0.29, 0.717) is 16.6 Å². The summed E-state index contributed by atoms with van der Waals surface area (Å²) in [4.78, 5) is 35.9. The summed E-state index contributed by atoms with van der Waals surface area (Å²) in [6.07, 6.45) is 1.35. The van der Waals surface area contributed by atoms with Crippen molar-refractivity contribution in [3.63, 3.8) is 0 Å². The fourth-order valence-corrected chi connectivity index (χ4v) is 3.33. The average molecular weight is 405 g/mol. The molecular weight excluding hydrogens is 392 g/mol. The van der Waals surface area contributed by atoms with E-state index in [1.165, 1.54) is 12.3 Å². The summed E-state index contributed by atoms with van der Waals surface area (Å²) in [5, 5.41) is 5.24. The van der Waals surface area contributed by atoms with Gasteiger partial charge in [-0.15, -0.1) is 11.3 Å². The van der Waals surface area contributed by atoms with E-state index >= 15 is 0 Å². The number of hydrogen-bond acceptors (Lipinski definition) is 5. The van der Waals surface area contributed by atoms with E-state index in [-0.39, 0.29) is 10.6 Å². The van der Waals surface area contributed by atoms with Gasteiger partial charge in [0.15, 0.2) is 5.76 Å². The van der Waals surface area contributed by atoms with Gasteiger partial charge in [0.2, 0.25) is 0 Å². The highest BCUT2D eigenvalue weighted by Gasteiger charge is 2.20. The molecule has 3 rings (SSSR count). The molecule has 0 unspecified atom stereocenters. The summed E-state index contributed by atoms with van der Waals surface area (Å²) in [6, 6.07) is 5.90. The molecule has 3 amide bonds. The van der Waals surface area contributed by atoms with Crippen molar-refractivity contribution in [2.75, 3.05) is 10.6 Å². The molecule has 2 heterocycles. The Bertz CT molecular complexity index is 1080. The lowest BCUT2D eigenvalue weighted by Crippen LogP contribution is -2.17. The molecule has 3 aromatic rings. The lowest BCUT2D eigenvalue weighted by Gasteiger charge is -2.08. The van der Waals surface area contributed by atoms with Crippen molar-refractivity contribution in [2.45, 2.75) is 6.92 Å². The Labute approximate surface area is 161 Å². The predicted molar refractivity (Wildman–Crippen MR) is 98.5 cm³/mol. The second kappa shape index (κ2) is 7.61. The van der Waals surface area contributed by atoms with Gasteiger partial charge in [-0.2, -0.15) is 0 Å². The Morgan fingerprint density at radius 1 is 1.07 bits per heavy atom. The minimum absolute atomic E-state index is 0.101. The molecule has 0 aliphatic carbocycles. The van der Waals surface area contributed by atoms with Gasteiger partial charge in [0, 0.05) is 6.07 Å². The van der Waals surface area contributed by atoms with Gasteiger partial charge in [0.25, 0.3) is 17.7 Å². The van der Waals surface area contributed by atoms with Crippen molar-refractivity contribution < 1.29 is 27.6 Å². The number of hydrogen-bond donors (Lipinski definition) is 3. The summed E-state index contributed by atoms with van der Waals surface area (Å²) in [7, 11) is 0. The van der Waals surface area contributed by atoms with Crippen molar-refractivity contribution in [1.29, 1.82) is 0 Å². The highest BCUT2D eigenvalue weighted by molar-refractivity contribution is 7.18. The zero-order valence-electron chi connectivity index (χ0n) is 14.3. The molecule has 2 aromatic heterocycles. The summed E-state index contributed by atoms with van der Waals surface area (Å²) in [6.45, 7) is 1.63. The van der Waals surface area contributed by atoms with E-state index in [0.717, 1.165) is 17.4 Å². The Hall–Kier alpha value is -3.53. The molecule has 1 aromatic carbocycles. The third-order valence-corrected chi connectivity index (χ3v) is 4.83. The number of halogens is 2. The molecular formula is C18H13F2N3O4S. The molecule has 0 aliphatic heterocycles. The number of aryl methyl sites for hydroxylation is 1. The first kappa shape index (κ1) is 19.2. The predicted octanol–water partition coefficient (Wildman–Crippen LogP) is 3.53. The third kappa shape index (κ3) is 3.91. The van der Waals surface area contributed by atoms with Crippen molar-refractivity contribution in [3.8, 4) is 0 Å². The van der Waals surface area contributed by atoms with E-state index in [1.54, 1.807) is 19.1 Å². The number of benzene rings is 1. The SMILES string of the molecule is Cc1cc(NC(=O)c2ccco2)sc1C(=O)Nc1cc(C(N)=O)c(F)cc1F. The van der Waals surface area contributed by atoms with Gasteiger partial charge >= 0.3 is 0 Å². The molecule has 4 N–H and O–H groups in total.